The maximum Gasteiger partial charge on any atom is 0.337 e. The van der Waals surface area contributed by atoms with E-state index in [2.05, 4.69) is 6.92 Å². The number of rotatable bonds is 4. The van der Waals surface area contributed by atoms with E-state index < -0.39 is 29.6 Å². The summed E-state index contributed by atoms with van der Waals surface area (Å²) in [6, 6.07) is 0. The minimum atomic E-state index is -0.654. The van der Waals surface area contributed by atoms with E-state index in [4.69, 9.17) is 14.2 Å². The molecular formula is C22H32O7. The van der Waals surface area contributed by atoms with Gasteiger partial charge in [-0.25, -0.2) is 4.79 Å². The van der Waals surface area contributed by atoms with Crippen molar-refractivity contribution >= 4 is 11.9 Å². The van der Waals surface area contributed by atoms with Crippen molar-refractivity contribution in [1.29, 1.82) is 0 Å². The van der Waals surface area contributed by atoms with E-state index in [1.165, 1.54) is 6.92 Å². The second-order valence-corrected chi connectivity index (χ2v) is 9.81. The van der Waals surface area contributed by atoms with Crippen molar-refractivity contribution in [2.45, 2.75) is 70.7 Å². The molecule has 0 aromatic rings. The van der Waals surface area contributed by atoms with Crippen molar-refractivity contribution < 1.29 is 34.0 Å². The Bertz CT molecular complexity index is 727. The van der Waals surface area contributed by atoms with Crippen LogP contribution in [0.4, 0.5) is 0 Å². The monoisotopic (exact) mass is 408 g/mol. The first-order valence-electron chi connectivity index (χ1n) is 10.6. The number of hydrogen-bond donors (Lipinski definition) is 2. The molecule has 0 aromatic carbocycles. The molecule has 2 N–H and O–H groups in total. The maximum atomic E-state index is 12.2. The lowest BCUT2D eigenvalue weighted by molar-refractivity contribution is -0.175. The Balaban J connectivity index is 1.63. The van der Waals surface area contributed by atoms with Gasteiger partial charge in [0.1, 0.15) is 6.61 Å². The topological polar surface area (TPSA) is 106 Å². The third-order valence-electron chi connectivity index (χ3n) is 8.28. The molecule has 0 aromatic heterocycles. The molecule has 4 aliphatic rings. The largest absolute Gasteiger partial charge is 0.458 e. The second-order valence-electron chi connectivity index (χ2n) is 9.81. The van der Waals surface area contributed by atoms with Gasteiger partial charge in [0.25, 0.3) is 0 Å². The maximum absolute atomic E-state index is 12.2. The average molecular weight is 408 g/mol. The summed E-state index contributed by atoms with van der Waals surface area (Å²) in [5, 5.41) is 20.8. The lowest BCUT2D eigenvalue weighted by Gasteiger charge is -2.60. The Labute approximate surface area is 171 Å². The molecule has 2 saturated heterocycles. The molecule has 0 unspecified atom stereocenters. The Kier molecular flexibility index (Phi) is 5.07. The van der Waals surface area contributed by atoms with Crippen LogP contribution in [0.15, 0.2) is 11.6 Å². The van der Waals surface area contributed by atoms with E-state index in [0.717, 1.165) is 19.3 Å². The number of fused-ring (bicyclic) bond motifs is 1. The number of allylic oxidation sites excluding steroid dienone is 1. The van der Waals surface area contributed by atoms with Gasteiger partial charge in [-0.05, 0) is 49.4 Å². The molecule has 4 fully saturated rings. The van der Waals surface area contributed by atoms with Crippen LogP contribution in [0.1, 0.15) is 52.9 Å². The van der Waals surface area contributed by atoms with Gasteiger partial charge in [0.05, 0.1) is 30.5 Å². The van der Waals surface area contributed by atoms with Crippen molar-refractivity contribution in [3.63, 3.8) is 0 Å². The van der Waals surface area contributed by atoms with Crippen molar-refractivity contribution in [2.75, 3.05) is 19.8 Å². The molecule has 2 aliphatic heterocycles. The summed E-state index contributed by atoms with van der Waals surface area (Å²) in [6.07, 6.45) is 4.61. The summed E-state index contributed by atoms with van der Waals surface area (Å²) < 4.78 is 16.3. The standard InChI is InChI=1S/C22H32O7/c1-13(24)29-15-10-27-19(26)14(15)4-5-17-20(2)8-7-18(25)21(3,11-23)16(20)6-9-22(17)12-28-22/h4,15-18,23,25H,5-12H2,1-3H3/b14-4+/t15-,16+,17+,18-,20-,21+,22+/m1/s1. The number of carbonyl (C=O) groups excluding carboxylic acids is 2. The van der Waals surface area contributed by atoms with Gasteiger partial charge >= 0.3 is 11.9 Å². The number of aliphatic hydroxyl groups is 2. The summed E-state index contributed by atoms with van der Waals surface area (Å²) in [5.41, 5.74) is -0.452. The molecule has 7 nitrogen and oxygen atoms in total. The van der Waals surface area contributed by atoms with E-state index in [1.807, 2.05) is 13.0 Å². The highest BCUT2D eigenvalue weighted by Gasteiger charge is 2.66. The van der Waals surface area contributed by atoms with Crippen molar-refractivity contribution in [2.24, 2.45) is 22.7 Å². The van der Waals surface area contributed by atoms with Gasteiger partial charge in [-0.3, -0.25) is 4.79 Å². The Morgan fingerprint density at radius 3 is 2.66 bits per heavy atom. The molecule has 7 atom stereocenters. The number of aliphatic hydroxyl groups excluding tert-OH is 2. The van der Waals surface area contributed by atoms with Crippen LogP contribution in [-0.2, 0) is 23.8 Å². The first-order chi connectivity index (χ1) is 13.7. The molecule has 7 heteroatoms. The molecule has 162 valence electrons. The highest BCUT2D eigenvalue weighted by Crippen LogP contribution is 2.66. The van der Waals surface area contributed by atoms with Crippen LogP contribution in [0.5, 0.6) is 0 Å². The van der Waals surface area contributed by atoms with Crippen LogP contribution in [-0.4, -0.2) is 59.8 Å². The van der Waals surface area contributed by atoms with Crippen LogP contribution in [0.2, 0.25) is 0 Å². The van der Waals surface area contributed by atoms with Crippen LogP contribution >= 0.6 is 0 Å². The zero-order chi connectivity index (χ0) is 21.0. The molecule has 1 spiro atoms. The van der Waals surface area contributed by atoms with Gasteiger partial charge < -0.3 is 24.4 Å². The number of ether oxygens (including phenoxy) is 3. The third kappa shape index (κ3) is 3.22. The quantitative estimate of drug-likeness (QED) is 0.415. The van der Waals surface area contributed by atoms with Gasteiger partial charge in [-0.2, -0.15) is 0 Å². The lowest BCUT2D eigenvalue weighted by Crippen LogP contribution is -2.60. The molecule has 0 bridgehead atoms. The van der Waals surface area contributed by atoms with Crippen LogP contribution in [0.25, 0.3) is 0 Å². The minimum Gasteiger partial charge on any atom is -0.458 e. The molecule has 2 heterocycles. The SMILES string of the molecule is CC(=O)O[C@@H]1COC(=O)/C1=C/C[C@@H]1[C@]2(CC[C@@H]3[C@](C)(CO)[C@H](O)CC[C@]31C)CO2. The minimum absolute atomic E-state index is 0.0447. The van der Waals surface area contributed by atoms with Crippen LogP contribution < -0.4 is 0 Å². The number of epoxide rings is 1. The first-order valence-corrected chi connectivity index (χ1v) is 10.6. The Morgan fingerprint density at radius 1 is 1.31 bits per heavy atom. The molecule has 29 heavy (non-hydrogen) atoms. The number of cyclic esters (lactones) is 1. The fourth-order valence-corrected chi connectivity index (χ4v) is 6.53. The van der Waals surface area contributed by atoms with E-state index in [1.54, 1.807) is 0 Å². The molecule has 0 amide bonds. The van der Waals surface area contributed by atoms with Gasteiger partial charge in [0.15, 0.2) is 6.10 Å². The Morgan fingerprint density at radius 2 is 2.03 bits per heavy atom. The van der Waals surface area contributed by atoms with E-state index in [9.17, 15) is 19.8 Å². The van der Waals surface area contributed by atoms with E-state index in [0.29, 0.717) is 25.0 Å². The normalized spacial score (nSPS) is 47.8. The summed E-state index contributed by atoms with van der Waals surface area (Å²) in [4.78, 5) is 23.6. The summed E-state index contributed by atoms with van der Waals surface area (Å²) in [5.74, 6) is -0.544. The van der Waals surface area contributed by atoms with E-state index >= 15 is 0 Å². The summed E-state index contributed by atoms with van der Waals surface area (Å²) >= 11 is 0. The average Bonchev–Trinajstić information content (AvgIpc) is 3.36. The van der Waals surface area contributed by atoms with Gasteiger partial charge in [0.2, 0.25) is 0 Å². The molecule has 2 aliphatic carbocycles. The summed E-state index contributed by atoms with van der Waals surface area (Å²) in [6.45, 7) is 6.29. The van der Waals surface area contributed by atoms with Crippen molar-refractivity contribution in [3.8, 4) is 0 Å². The second kappa shape index (κ2) is 7.06. The third-order valence-corrected chi connectivity index (χ3v) is 8.28. The van der Waals surface area contributed by atoms with E-state index in [-0.39, 0.29) is 36.1 Å². The van der Waals surface area contributed by atoms with Gasteiger partial charge in [0, 0.05) is 12.3 Å². The predicted octanol–water partition coefficient (Wildman–Crippen LogP) is 1.75. The fourth-order valence-electron chi connectivity index (χ4n) is 6.53. The zero-order valence-electron chi connectivity index (χ0n) is 17.5. The molecular weight excluding hydrogens is 376 g/mol. The number of esters is 2. The van der Waals surface area contributed by atoms with Gasteiger partial charge in [-0.15, -0.1) is 0 Å². The molecule has 2 saturated carbocycles. The number of hydrogen-bond acceptors (Lipinski definition) is 7. The van der Waals surface area contributed by atoms with Gasteiger partial charge in [-0.1, -0.05) is 19.9 Å². The predicted molar refractivity (Wildman–Crippen MR) is 103 cm³/mol. The molecule has 4 rings (SSSR count). The zero-order valence-corrected chi connectivity index (χ0v) is 17.5. The highest BCUT2D eigenvalue weighted by molar-refractivity contribution is 5.92. The lowest BCUT2D eigenvalue weighted by atomic mass is 9.45. The fraction of sp³-hybridized carbons (Fsp3) is 0.818. The summed E-state index contributed by atoms with van der Waals surface area (Å²) in [7, 11) is 0. The first kappa shape index (κ1) is 20.8. The van der Waals surface area contributed by atoms with Crippen molar-refractivity contribution in [1.82, 2.24) is 0 Å². The smallest absolute Gasteiger partial charge is 0.337 e. The van der Waals surface area contributed by atoms with Crippen molar-refractivity contribution in [3.05, 3.63) is 11.6 Å². The van der Waals surface area contributed by atoms with Crippen LogP contribution in [0.3, 0.4) is 0 Å². The molecule has 0 radical (unpaired) electrons. The number of carbonyl (C=O) groups is 2. The van der Waals surface area contributed by atoms with Crippen LogP contribution in [0, 0.1) is 22.7 Å². The Hall–Kier alpha value is -1.44. The highest BCUT2D eigenvalue weighted by atomic mass is 16.6.